The number of carbonyl (C=O) groups excluding carboxylic acids is 1. The highest BCUT2D eigenvalue weighted by atomic mass is 35.5. The number of piperidine rings is 1. The van der Waals surface area contributed by atoms with Gasteiger partial charge in [-0.05, 0) is 61.6 Å². The van der Waals surface area contributed by atoms with Crippen LogP contribution < -0.4 is 0 Å². The third-order valence-corrected chi connectivity index (χ3v) is 7.00. The van der Waals surface area contributed by atoms with Gasteiger partial charge in [-0.3, -0.25) is 4.79 Å². The van der Waals surface area contributed by atoms with Gasteiger partial charge in [0.1, 0.15) is 0 Å². The van der Waals surface area contributed by atoms with Gasteiger partial charge in [-0.1, -0.05) is 67.4 Å². The van der Waals surface area contributed by atoms with Crippen molar-refractivity contribution in [3.8, 4) is 0 Å². The number of allylic oxidation sites excluding steroid dienone is 1. The van der Waals surface area contributed by atoms with Gasteiger partial charge in [0, 0.05) is 16.0 Å². The lowest BCUT2D eigenvalue weighted by atomic mass is 9.67. The number of rotatable bonds is 7. The molecular weight excluding hydrogens is 429 g/mol. The second-order valence-corrected chi connectivity index (χ2v) is 9.72. The fourth-order valence-electron chi connectivity index (χ4n) is 5.02. The zero-order chi connectivity index (χ0) is 22.8. The number of benzene rings is 2. The SMILES string of the molecule is C=CC[C@@]1(C)C[C@H](c2cccc(Cl)c2)[C@@H](c2ccc(Cl)cc2)N(C(CC)[C@H](C)O)C1=O. The number of aliphatic hydroxyl groups is 1. The molecule has 1 unspecified atom stereocenters. The number of hydrogen-bond acceptors (Lipinski definition) is 2. The Morgan fingerprint density at radius 3 is 2.42 bits per heavy atom. The van der Waals surface area contributed by atoms with Crippen molar-refractivity contribution in [1.29, 1.82) is 0 Å². The van der Waals surface area contributed by atoms with Crippen molar-refractivity contribution in [3.05, 3.63) is 82.4 Å². The Balaban J connectivity index is 2.24. The summed E-state index contributed by atoms with van der Waals surface area (Å²) in [4.78, 5) is 15.9. The number of aliphatic hydroxyl groups excluding tert-OH is 1. The van der Waals surface area contributed by atoms with Gasteiger partial charge in [-0.25, -0.2) is 0 Å². The molecule has 5 atom stereocenters. The molecule has 3 rings (SSSR count). The molecule has 0 aliphatic carbocycles. The lowest BCUT2D eigenvalue weighted by Gasteiger charge is -2.52. The van der Waals surface area contributed by atoms with E-state index in [1.54, 1.807) is 6.92 Å². The van der Waals surface area contributed by atoms with E-state index in [2.05, 4.69) is 12.6 Å². The number of likely N-dealkylation sites (tertiary alicyclic amines) is 1. The van der Waals surface area contributed by atoms with Crippen molar-refractivity contribution in [1.82, 2.24) is 4.90 Å². The van der Waals surface area contributed by atoms with Crippen molar-refractivity contribution in [2.75, 3.05) is 0 Å². The molecule has 166 valence electrons. The van der Waals surface area contributed by atoms with Crippen LogP contribution in [0, 0.1) is 5.41 Å². The van der Waals surface area contributed by atoms with Gasteiger partial charge in [-0.15, -0.1) is 6.58 Å². The van der Waals surface area contributed by atoms with Crippen LogP contribution in [0.25, 0.3) is 0 Å². The van der Waals surface area contributed by atoms with Crippen LogP contribution >= 0.6 is 23.2 Å². The van der Waals surface area contributed by atoms with Gasteiger partial charge in [0.2, 0.25) is 5.91 Å². The molecule has 1 saturated heterocycles. The van der Waals surface area contributed by atoms with Gasteiger partial charge < -0.3 is 10.0 Å². The van der Waals surface area contributed by atoms with Gasteiger partial charge in [-0.2, -0.15) is 0 Å². The summed E-state index contributed by atoms with van der Waals surface area (Å²) >= 11 is 12.5. The smallest absolute Gasteiger partial charge is 0.229 e. The highest BCUT2D eigenvalue weighted by Crippen LogP contribution is 2.52. The summed E-state index contributed by atoms with van der Waals surface area (Å²) < 4.78 is 0. The van der Waals surface area contributed by atoms with E-state index < -0.39 is 11.5 Å². The van der Waals surface area contributed by atoms with E-state index in [-0.39, 0.29) is 23.9 Å². The number of amides is 1. The van der Waals surface area contributed by atoms with E-state index >= 15 is 0 Å². The lowest BCUT2D eigenvalue weighted by Crippen LogP contribution is -2.57. The van der Waals surface area contributed by atoms with E-state index in [9.17, 15) is 9.90 Å². The Hall–Kier alpha value is -1.81. The molecule has 31 heavy (non-hydrogen) atoms. The Morgan fingerprint density at radius 2 is 1.87 bits per heavy atom. The molecule has 0 bridgehead atoms. The van der Waals surface area contributed by atoms with Crippen molar-refractivity contribution in [2.45, 2.75) is 64.1 Å². The summed E-state index contributed by atoms with van der Waals surface area (Å²) in [5, 5.41) is 12.0. The summed E-state index contributed by atoms with van der Waals surface area (Å²) in [5.41, 5.74) is 1.48. The lowest BCUT2D eigenvalue weighted by molar-refractivity contribution is -0.158. The van der Waals surface area contributed by atoms with Gasteiger partial charge in [0.05, 0.1) is 23.6 Å². The van der Waals surface area contributed by atoms with E-state index in [1.807, 2.05) is 67.3 Å². The van der Waals surface area contributed by atoms with Crippen LogP contribution in [0.2, 0.25) is 10.0 Å². The van der Waals surface area contributed by atoms with Crippen LogP contribution in [-0.4, -0.2) is 28.1 Å². The van der Waals surface area contributed by atoms with Crippen LogP contribution in [0.5, 0.6) is 0 Å². The van der Waals surface area contributed by atoms with Crippen molar-refractivity contribution >= 4 is 29.1 Å². The van der Waals surface area contributed by atoms with Crippen LogP contribution in [0.4, 0.5) is 0 Å². The maximum Gasteiger partial charge on any atom is 0.229 e. The zero-order valence-corrected chi connectivity index (χ0v) is 19.9. The first-order valence-electron chi connectivity index (χ1n) is 10.8. The Morgan fingerprint density at radius 1 is 1.19 bits per heavy atom. The summed E-state index contributed by atoms with van der Waals surface area (Å²) in [7, 11) is 0. The van der Waals surface area contributed by atoms with Crippen molar-refractivity contribution < 1.29 is 9.90 Å². The second-order valence-electron chi connectivity index (χ2n) is 8.84. The highest BCUT2D eigenvalue weighted by molar-refractivity contribution is 6.30. The first-order chi connectivity index (χ1) is 14.7. The monoisotopic (exact) mass is 459 g/mol. The average molecular weight is 460 g/mol. The van der Waals surface area contributed by atoms with Gasteiger partial charge >= 0.3 is 0 Å². The summed E-state index contributed by atoms with van der Waals surface area (Å²) in [6.45, 7) is 9.68. The zero-order valence-electron chi connectivity index (χ0n) is 18.4. The Labute approximate surface area is 195 Å². The molecule has 0 radical (unpaired) electrons. The fraction of sp³-hybridized carbons (Fsp3) is 0.423. The summed E-state index contributed by atoms with van der Waals surface area (Å²) in [6.07, 6.45) is 3.05. The highest BCUT2D eigenvalue weighted by Gasteiger charge is 2.51. The molecule has 5 heteroatoms. The number of carbonyl (C=O) groups is 1. The van der Waals surface area contributed by atoms with Crippen molar-refractivity contribution in [2.24, 2.45) is 5.41 Å². The first kappa shape index (κ1) is 23.8. The molecule has 0 aromatic heterocycles. The molecule has 1 aliphatic heterocycles. The quantitative estimate of drug-likeness (QED) is 0.462. The molecule has 0 spiro atoms. The standard InChI is InChI=1S/C26H31Cl2NO2/c1-5-14-26(4)16-22(19-8-7-9-21(28)15-19)24(18-10-12-20(27)13-11-18)29(25(26)31)23(6-2)17(3)30/h5,7-13,15,17,22-24,30H,1,6,14,16H2,2-4H3/t17-,22+,23?,24+,26-/m0/s1. The minimum absolute atomic E-state index is 0.00956. The summed E-state index contributed by atoms with van der Waals surface area (Å²) in [5.74, 6) is 0.0636. The Bertz CT molecular complexity index is 927. The minimum atomic E-state index is -0.658. The predicted octanol–water partition coefficient (Wildman–Crippen LogP) is 6.79. The van der Waals surface area contributed by atoms with E-state index in [0.29, 0.717) is 29.3 Å². The maximum atomic E-state index is 14.0. The molecular formula is C26H31Cl2NO2. The first-order valence-corrected chi connectivity index (χ1v) is 11.6. The van der Waals surface area contributed by atoms with Crippen molar-refractivity contribution in [3.63, 3.8) is 0 Å². The molecule has 1 amide bonds. The third-order valence-electron chi connectivity index (χ3n) is 6.52. The van der Waals surface area contributed by atoms with Crippen LogP contribution in [-0.2, 0) is 4.79 Å². The molecule has 1 fully saturated rings. The molecule has 1 aliphatic rings. The van der Waals surface area contributed by atoms with Crippen LogP contribution in [0.3, 0.4) is 0 Å². The third kappa shape index (κ3) is 4.84. The number of halogens is 2. The van der Waals surface area contributed by atoms with E-state index in [0.717, 1.165) is 11.1 Å². The molecule has 1 heterocycles. The minimum Gasteiger partial charge on any atom is -0.391 e. The van der Waals surface area contributed by atoms with Gasteiger partial charge in [0.15, 0.2) is 0 Å². The molecule has 2 aromatic rings. The second kappa shape index (κ2) is 9.77. The number of hydrogen-bond donors (Lipinski definition) is 1. The largest absolute Gasteiger partial charge is 0.391 e. The molecule has 1 N–H and O–H groups in total. The number of nitrogens with zero attached hydrogens (tertiary/aromatic N) is 1. The topological polar surface area (TPSA) is 40.5 Å². The van der Waals surface area contributed by atoms with E-state index in [4.69, 9.17) is 23.2 Å². The van der Waals surface area contributed by atoms with E-state index in [1.165, 1.54) is 0 Å². The van der Waals surface area contributed by atoms with Crippen LogP contribution in [0.1, 0.15) is 63.1 Å². The van der Waals surface area contributed by atoms with Crippen LogP contribution in [0.15, 0.2) is 61.2 Å². The normalized spacial score (nSPS) is 25.9. The fourth-order valence-corrected chi connectivity index (χ4v) is 5.35. The summed E-state index contributed by atoms with van der Waals surface area (Å²) in [6, 6.07) is 15.0. The predicted molar refractivity (Wildman–Crippen MR) is 129 cm³/mol. The van der Waals surface area contributed by atoms with Gasteiger partial charge in [0.25, 0.3) is 0 Å². The molecule has 2 aromatic carbocycles. The molecule has 3 nitrogen and oxygen atoms in total. The maximum absolute atomic E-state index is 14.0. The molecule has 0 saturated carbocycles. The Kier molecular flexibility index (Phi) is 7.51. The average Bonchev–Trinajstić information content (AvgIpc) is 2.72.